The van der Waals surface area contributed by atoms with Crippen LogP contribution in [-0.2, 0) is 6.54 Å². The second-order valence-electron chi connectivity index (χ2n) is 7.15. The van der Waals surface area contributed by atoms with E-state index in [0.29, 0.717) is 34.4 Å². The van der Waals surface area contributed by atoms with Crippen LogP contribution in [0.25, 0.3) is 33.4 Å². The van der Waals surface area contributed by atoms with E-state index in [1.54, 1.807) is 29.2 Å². The van der Waals surface area contributed by atoms with E-state index in [-0.39, 0.29) is 11.3 Å². The lowest BCUT2D eigenvalue weighted by atomic mass is 10.0. The molecule has 3 heterocycles. The van der Waals surface area contributed by atoms with Crippen LogP contribution in [0.4, 0.5) is 0 Å². The second-order valence-corrected chi connectivity index (χ2v) is 7.15. The third kappa shape index (κ3) is 3.44. The maximum absolute atomic E-state index is 13.7. The Hall–Kier alpha value is -4.32. The van der Waals surface area contributed by atoms with E-state index in [0.717, 1.165) is 11.1 Å². The van der Waals surface area contributed by atoms with Gasteiger partial charge in [-0.25, -0.2) is 4.98 Å². The standard InChI is InChI=1S/C25H18N4O2/c30-22-15-28-23(21-14-26-11-12-27-21)24-20(22)13-19(18-9-5-2-6-10-18)25(31)29(24)16-17-7-3-1-4-8-17/h1-15,30H,16H2. The SMILES string of the molecule is O=c1c(-c2ccccc2)cc2c(O)cnc(-c3cnccn3)c2n1Cc1ccccc1. The van der Waals surface area contributed by atoms with Crippen molar-refractivity contribution in [1.29, 1.82) is 0 Å². The Labute approximate surface area is 178 Å². The van der Waals surface area contributed by atoms with Crippen molar-refractivity contribution >= 4 is 10.9 Å². The van der Waals surface area contributed by atoms with Gasteiger partial charge in [0, 0.05) is 23.3 Å². The molecule has 0 aliphatic heterocycles. The topological polar surface area (TPSA) is 80.9 Å². The van der Waals surface area contributed by atoms with Crippen LogP contribution in [0.3, 0.4) is 0 Å². The number of nitrogens with zero attached hydrogens (tertiary/aromatic N) is 4. The van der Waals surface area contributed by atoms with Crippen LogP contribution in [-0.4, -0.2) is 24.6 Å². The van der Waals surface area contributed by atoms with E-state index in [4.69, 9.17) is 0 Å². The molecule has 0 radical (unpaired) electrons. The monoisotopic (exact) mass is 406 g/mol. The van der Waals surface area contributed by atoms with Crippen molar-refractivity contribution in [3.63, 3.8) is 0 Å². The number of hydrogen-bond donors (Lipinski definition) is 1. The molecule has 0 atom stereocenters. The molecule has 0 unspecified atom stereocenters. The van der Waals surface area contributed by atoms with E-state index in [1.807, 2.05) is 60.7 Å². The van der Waals surface area contributed by atoms with Crippen molar-refractivity contribution in [3.05, 3.63) is 107 Å². The highest BCUT2D eigenvalue weighted by molar-refractivity contribution is 5.96. The van der Waals surface area contributed by atoms with Crippen LogP contribution in [0, 0.1) is 0 Å². The van der Waals surface area contributed by atoms with Crippen LogP contribution < -0.4 is 5.56 Å². The fourth-order valence-electron chi connectivity index (χ4n) is 3.72. The van der Waals surface area contributed by atoms with Crippen LogP contribution in [0.1, 0.15) is 5.56 Å². The van der Waals surface area contributed by atoms with E-state index >= 15 is 0 Å². The summed E-state index contributed by atoms with van der Waals surface area (Å²) in [6.07, 6.45) is 6.14. The molecule has 150 valence electrons. The Kier molecular flexibility index (Phi) is 4.72. The summed E-state index contributed by atoms with van der Waals surface area (Å²) in [5.74, 6) is 0.00151. The first kappa shape index (κ1) is 18.7. The minimum atomic E-state index is -0.167. The lowest BCUT2D eigenvalue weighted by molar-refractivity contribution is 0.479. The summed E-state index contributed by atoms with van der Waals surface area (Å²) < 4.78 is 1.66. The van der Waals surface area contributed by atoms with Crippen LogP contribution in [0.2, 0.25) is 0 Å². The first-order valence-corrected chi connectivity index (χ1v) is 9.83. The lowest BCUT2D eigenvalue weighted by Gasteiger charge is -2.16. The van der Waals surface area contributed by atoms with E-state index in [9.17, 15) is 9.90 Å². The van der Waals surface area contributed by atoms with E-state index in [1.165, 1.54) is 6.20 Å². The summed E-state index contributed by atoms with van der Waals surface area (Å²) in [6.45, 7) is 0.329. The summed E-state index contributed by atoms with van der Waals surface area (Å²) in [4.78, 5) is 26.6. The van der Waals surface area contributed by atoms with Crippen molar-refractivity contribution in [3.8, 4) is 28.3 Å². The van der Waals surface area contributed by atoms with Gasteiger partial charge in [-0.1, -0.05) is 60.7 Å². The highest BCUT2D eigenvalue weighted by Gasteiger charge is 2.19. The third-order valence-electron chi connectivity index (χ3n) is 5.18. The van der Waals surface area contributed by atoms with Gasteiger partial charge in [-0.2, -0.15) is 0 Å². The van der Waals surface area contributed by atoms with Gasteiger partial charge < -0.3 is 9.67 Å². The third-order valence-corrected chi connectivity index (χ3v) is 5.18. The summed E-state index contributed by atoms with van der Waals surface area (Å²) in [5.41, 5.74) is 3.64. The number of aromatic hydroxyl groups is 1. The molecule has 31 heavy (non-hydrogen) atoms. The Morgan fingerprint density at radius 1 is 0.871 bits per heavy atom. The molecule has 3 aromatic heterocycles. The first-order valence-electron chi connectivity index (χ1n) is 9.83. The minimum absolute atomic E-state index is 0.00151. The molecule has 5 rings (SSSR count). The molecule has 0 saturated carbocycles. The zero-order valence-corrected chi connectivity index (χ0v) is 16.5. The van der Waals surface area contributed by atoms with Gasteiger partial charge in [0.15, 0.2) is 0 Å². The molecule has 0 saturated heterocycles. The summed E-state index contributed by atoms with van der Waals surface area (Å²) >= 11 is 0. The average molecular weight is 406 g/mol. The maximum Gasteiger partial charge on any atom is 0.259 e. The number of fused-ring (bicyclic) bond motifs is 1. The molecule has 2 aromatic carbocycles. The minimum Gasteiger partial charge on any atom is -0.506 e. The Morgan fingerprint density at radius 2 is 1.61 bits per heavy atom. The molecule has 0 amide bonds. The molecule has 0 spiro atoms. The quantitative estimate of drug-likeness (QED) is 0.482. The van der Waals surface area contributed by atoms with Crippen molar-refractivity contribution in [2.45, 2.75) is 6.54 Å². The molecule has 0 bridgehead atoms. The van der Waals surface area contributed by atoms with Crippen LogP contribution in [0.5, 0.6) is 5.75 Å². The molecule has 0 fully saturated rings. The fourth-order valence-corrected chi connectivity index (χ4v) is 3.72. The Bertz CT molecular complexity index is 1420. The van der Waals surface area contributed by atoms with Crippen molar-refractivity contribution in [2.24, 2.45) is 0 Å². The zero-order chi connectivity index (χ0) is 21.2. The Balaban J connectivity index is 1.88. The summed E-state index contributed by atoms with van der Waals surface area (Å²) in [7, 11) is 0. The number of hydrogen-bond acceptors (Lipinski definition) is 5. The fraction of sp³-hybridized carbons (Fsp3) is 0.0400. The molecular weight excluding hydrogens is 388 g/mol. The van der Waals surface area contributed by atoms with Gasteiger partial charge >= 0.3 is 0 Å². The summed E-state index contributed by atoms with van der Waals surface area (Å²) in [5, 5.41) is 11.2. The molecule has 1 N–H and O–H groups in total. The highest BCUT2D eigenvalue weighted by Crippen LogP contribution is 2.32. The molecule has 5 aromatic rings. The number of pyridine rings is 2. The molecule has 0 aliphatic rings. The van der Waals surface area contributed by atoms with Crippen molar-refractivity contribution in [1.82, 2.24) is 19.5 Å². The number of benzene rings is 2. The van der Waals surface area contributed by atoms with Gasteiger partial charge in [-0.05, 0) is 17.2 Å². The highest BCUT2D eigenvalue weighted by atomic mass is 16.3. The van der Waals surface area contributed by atoms with Gasteiger partial charge in [-0.15, -0.1) is 0 Å². The first-order chi connectivity index (χ1) is 15.2. The van der Waals surface area contributed by atoms with E-state index < -0.39 is 0 Å². The van der Waals surface area contributed by atoms with Crippen LogP contribution >= 0.6 is 0 Å². The van der Waals surface area contributed by atoms with E-state index in [2.05, 4.69) is 15.0 Å². The number of aromatic nitrogens is 4. The van der Waals surface area contributed by atoms with Gasteiger partial charge in [0.1, 0.15) is 17.1 Å². The lowest BCUT2D eigenvalue weighted by Crippen LogP contribution is -2.23. The predicted octanol–water partition coefficient (Wildman–Crippen LogP) is 4.27. The van der Waals surface area contributed by atoms with Gasteiger partial charge in [0.05, 0.1) is 24.5 Å². The molecule has 6 heteroatoms. The predicted molar refractivity (Wildman–Crippen MR) is 120 cm³/mol. The van der Waals surface area contributed by atoms with Crippen molar-refractivity contribution in [2.75, 3.05) is 0 Å². The largest absolute Gasteiger partial charge is 0.506 e. The second kappa shape index (κ2) is 7.84. The average Bonchev–Trinajstić information content (AvgIpc) is 2.83. The Morgan fingerprint density at radius 3 is 2.32 bits per heavy atom. The van der Waals surface area contributed by atoms with Gasteiger partial charge in [0.25, 0.3) is 5.56 Å². The molecule has 6 nitrogen and oxygen atoms in total. The van der Waals surface area contributed by atoms with Crippen molar-refractivity contribution < 1.29 is 5.11 Å². The zero-order valence-electron chi connectivity index (χ0n) is 16.5. The van der Waals surface area contributed by atoms with Gasteiger partial charge in [-0.3, -0.25) is 14.8 Å². The smallest absolute Gasteiger partial charge is 0.259 e. The normalized spacial score (nSPS) is 11.0. The maximum atomic E-state index is 13.7. The molecule has 0 aliphatic carbocycles. The number of rotatable bonds is 4. The molecular formula is C25H18N4O2. The van der Waals surface area contributed by atoms with Gasteiger partial charge in [0.2, 0.25) is 0 Å². The van der Waals surface area contributed by atoms with Crippen LogP contribution in [0.15, 0.2) is 96.3 Å². The summed E-state index contributed by atoms with van der Waals surface area (Å²) in [6, 6.07) is 20.9.